The van der Waals surface area contributed by atoms with Gasteiger partial charge in [0.25, 0.3) is 0 Å². The molecule has 1 aliphatic heterocycles. The molecular formula is C17H15ClN4O3S. The maximum atomic E-state index is 6.21. The minimum atomic E-state index is 0.188. The van der Waals surface area contributed by atoms with Crippen molar-refractivity contribution in [3.63, 3.8) is 0 Å². The maximum absolute atomic E-state index is 6.21. The van der Waals surface area contributed by atoms with Crippen LogP contribution in [0.25, 0.3) is 11.4 Å². The van der Waals surface area contributed by atoms with Gasteiger partial charge in [0.2, 0.25) is 11.9 Å². The van der Waals surface area contributed by atoms with Gasteiger partial charge in [-0.05, 0) is 42.0 Å². The van der Waals surface area contributed by atoms with E-state index in [1.54, 1.807) is 7.11 Å². The normalized spacial score (nSPS) is 12.4. The predicted octanol–water partition coefficient (Wildman–Crippen LogP) is 3.34. The Morgan fingerprint density at radius 1 is 1.23 bits per heavy atom. The molecule has 0 amide bonds. The molecule has 9 heteroatoms. The molecule has 0 atom stereocenters. The van der Waals surface area contributed by atoms with E-state index in [0.29, 0.717) is 33.3 Å². The predicted molar refractivity (Wildman–Crippen MR) is 99.3 cm³/mol. The van der Waals surface area contributed by atoms with Crippen LogP contribution < -0.4 is 20.1 Å². The quantitative estimate of drug-likeness (QED) is 0.528. The number of hydrogen-bond acceptors (Lipinski definition) is 7. The van der Waals surface area contributed by atoms with E-state index in [1.807, 2.05) is 36.4 Å². The van der Waals surface area contributed by atoms with Gasteiger partial charge in [-0.2, -0.15) is 0 Å². The van der Waals surface area contributed by atoms with Gasteiger partial charge in [-0.3, -0.25) is 0 Å². The standard InChI is InChI=1S/C17H15ClN4O3S/c1-23-12-4-2-11(3-5-12)16-20-21-17(22(16)19)26-8-10-6-13(18)15-14(7-10)24-9-25-15/h2-7H,8-9,19H2,1H3. The first kappa shape index (κ1) is 16.9. The number of thioether (sulfide) groups is 1. The number of fused-ring (bicyclic) bond motifs is 1. The molecule has 26 heavy (non-hydrogen) atoms. The van der Waals surface area contributed by atoms with Gasteiger partial charge < -0.3 is 20.1 Å². The van der Waals surface area contributed by atoms with Crippen LogP contribution in [0.4, 0.5) is 0 Å². The van der Waals surface area contributed by atoms with Gasteiger partial charge in [0, 0.05) is 11.3 Å². The van der Waals surface area contributed by atoms with Gasteiger partial charge in [-0.15, -0.1) is 10.2 Å². The SMILES string of the molecule is COc1ccc(-c2nnc(SCc3cc(Cl)c4c(c3)OCO4)n2N)cc1. The lowest BCUT2D eigenvalue weighted by atomic mass is 10.2. The smallest absolute Gasteiger partial charge is 0.231 e. The zero-order chi connectivity index (χ0) is 18.1. The molecule has 134 valence electrons. The molecule has 0 unspecified atom stereocenters. The molecule has 3 aromatic rings. The number of benzene rings is 2. The molecule has 0 aliphatic carbocycles. The first-order chi connectivity index (χ1) is 12.7. The molecule has 0 spiro atoms. The van der Waals surface area contributed by atoms with Crippen LogP contribution in [0.15, 0.2) is 41.6 Å². The summed E-state index contributed by atoms with van der Waals surface area (Å²) < 4.78 is 17.3. The molecule has 0 fully saturated rings. The van der Waals surface area contributed by atoms with E-state index >= 15 is 0 Å². The lowest BCUT2D eigenvalue weighted by Crippen LogP contribution is -2.11. The third-order valence-electron chi connectivity index (χ3n) is 3.87. The van der Waals surface area contributed by atoms with E-state index < -0.39 is 0 Å². The highest BCUT2D eigenvalue weighted by Crippen LogP contribution is 2.40. The number of nitrogen functional groups attached to an aromatic ring is 1. The maximum Gasteiger partial charge on any atom is 0.231 e. The van der Waals surface area contributed by atoms with E-state index in [-0.39, 0.29) is 6.79 Å². The molecule has 1 aromatic heterocycles. The number of nitrogens with two attached hydrogens (primary N) is 1. The van der Waals surface area contributed by atoms with Gasteiger partial charge in [-0.25, -0.2) is 4.68 Å². The van der Waals surface area contributed by atoms with Crippen molar-refractivity contribution in [3.8, 4) is 28.6 Å². The molecule has 2 aromatic carbocycles. The van der Waals surface area contributed by atoms with Crippen LogP contribution in [0, 0.1) is 0 Å². The number of methoxy groups -OCH3 is 1. The Hall–Kier alpha value is -2.58. The second-order valence-corrected chi connectivity index (χ2v) is 6.85. The Labute approximate surface area is 159 Å². The summed E-state index contributed by atoms with van der Waals surface area (Å²) in [6.07, 6.45) is 0. The van der Waals surface area contributed by atoms with Crippen LogP contribution in [0.5, 0.6) is 17.2 Å². The average Bonchev–Trinajstić information content (AvgIpc) is 3.27. The monoisotopic (exact) mass is 390 g/mol. The number of aromatic nitrogens is 3. The molecule has 2 N–H and O–H groups in total. The van der Waals surface area contributed by atoms with Crippen LogP contribution >= 0.6 is 23.4 Å². The zero-order valence-corrected chi connectivity index (χ0v) is 15.4. The summed E-state index contributed by atoms with van der Waals surface area (Å²) in [6, 6.07) is 11.2. The summed E-state index contributed by atoms with van der Waals surface area (Å²) in [5.74, 6) is 9.37. The van der Waals surface area contributed by atoms with Gasteiger partial charge in [0.05, 0.1) is 12.1 Å². The molecule has 0 radical (unpaired) electrons. The molecule has 2 heterocycles. The Morgan fingerprint density at radius 3 is 2.81 bits per heavy atom. The third kappa shape index (κ3) is 3.13. The molecule has 0 saturated carbocycles. The summed E-state index contributed by atoms with van der Waals surface area (Å²) in [4.78, 5) is 0. The third-order valence-corrected chi connectivity index (χ3v) is 5.16. The van der Waals surface area contributed by atoms with E-state index in [9.17, 15) is 0 Å². The molecular weight excluding hydrogens is 376 g/mol. The highest BCUT2D eigenvalue weighted by molar-refractivity contribution is 7.98. The number of nitrogens with zero attached hydrogens (tertiary/aromatic N) is 3. The fraction of sp³-hybridized carbons (Fsp3) is 0.176. The van der Waals surface area contributed by atoms with Crippen molar-refractivity contribution >= 4 is 23.4 Å². The first-order valence-corrected chi connectivity index (χ1v) is 9.08. The molecule has 4 rings (SSSR count). The first-order valence-electron chi connectivity index (χ1n) is 7.71. The Kier molecular flexibility index (Phi) is 4.52. The van der Waals surface area contributed by atoms with Crippen molar-refractivity contribution in [3.05, 3.63) is 47.0 Å². The zero-order valence-electron chi connectivity index (χ0n) is 13.8. The fourth-order valence-electron chi connectivity index (χ4n) is 2.56. The number of halogens is 1. The fourth-order valence-corrected chi connectivity index (χ4v) is 3.64. The lowest BCUT2D eigenvalue weighted by Gasteiger charge is -2.06. The highest BCUT2D eigenvalue weighted by atomic mass is 35.5. The number of ether oxygens (including phenoxy) is 3. The number of rotatable bonds is 5. The van der Waals surface area contributed by atoms with E-state index in [4.69, 9.17) is 31.7 Å². The van der Waals surface area contributed by atoms with Crippen LogP contribution in [-0.4, -0.2) is 28.8 Å². The summed E-state index contributed by atoms with van der Waals surface area (Å²) in [5, 5.41) is 9.49. The van der Waals surface area contributed by atoms with Crippen LogP contribution in [0.2, 0.25) is 5.02 Å². The van der Waals surface area contributed by atoms with Crippen LogP contribution in [0.1, 0.15) is 5.56 Å². The lowest BCUT2D eigenvalue weighted by molar-refractivity contribution is 0.174. The topological polar surface area (TPSA) is 84.4 Å². The second kappa shape index (κ2) is 6.97. The summed E-state index contributed by atoms with van der Waals surface area (Å²) in [7, 11) is 1.62. The van der Waals surface area contributed by atoms with Crippen molar-refractivity contribution in [1.29, 1.82) is 0 Å². The Morgan fingerprint density at radius 2 is 2.04 bits per heavy atom. The Balaban J connectivity index is 1.51. The number of hydrogen-bond donors (Lipinski definition) is 1. The van der Waals surface area contributed by atoms with Crippen molar-refractivity contribution < 1.29 is 14.2 Å². The van der Waals surface area contributed by atoms with Gasteiger partial charge in [0.1, 0.15) is 5.75 Å². The van der Waals surface area contributed by atoms with E-state index in [0.717, 1.165) is 16.9 Å². The molecule has 0 saturated heterocycles. The van der Waals surface area contributed by atoms with E-state index in [2.05, 4.69) is 10.2 Å². The highest BCUT2D eigenvalue weighted by Gasteiger charge is 2.19. The molecule has 7 nitrogen and oxygen atoms in total. The van der Waals surface area contributed by atoms with Crippen molar-refractivity contribution in [2.45, 2.75) is 10.9 Å². The van der Waals surface area contributed by atoms with Crippen molar-refractivity contribution in [2.75, 3.05) is 19.7 Å². The second-order valence-electron chi connectivity index (χ2n) is 5.50. The van der Waals surface area contributed by atoms with Gasteiger partial charge >= 0.3 is 0 Å². The van der Waals surface area contributed by atoms with Crippen molar-refractivity contribution in [1.82, 2.24) is 14.9 Å². The molecule has 1 aliphatic rings. The average molecular weight is 391 g/mol. The molecule has 0 bridgehead atoms. The van der Waals surface area contributed by atoms with Gasteiger partial charge in [-0.1, -0.05) is 23.4 Å². The van der Waals surface area contributed by atoms with E-state index in [1.165, 1.54) is 16.4 Å². The van der Waals surface area contributed by atoms with Crippen LogP contribution in [0.3, 0.4) is 0 Å². The van der Waals surface area contributed by atoms with Crippen LogP contribution in [-0.2, 0) is 5.75 Å². The summed E-state index contributed by atoms with van der Waals surface area (Å²) in [6.45, 7) is 0.188. The summed E-state index contributed by atoms with van der Waals surface area (Å²) in [5.41, 5.74) is 1.84. The minimum absolute atomic E-state index is 0.188. The largest absolute Gasteiger partial charge is 0.497 e. The minimum Gasteiger partial charge on any atom is -0.497 e. The van der Waals surface area contributed by atoms with Crippen molar-refractivity contribution in [2.24, 2.45) is 0 Å². The summed E-state index contributed by atoms with van der Waals surface area (Å²) >= 11 is 7.68. The van der Waals surface area contributed by atoms with Gasteiger partial charge in [0.15, 0.2) is 17.3 Å². The Bertz CT molecular complexity index is 946.